The summed E-state index contributed by atoms with van der Waals surface area (Å²) in [5.41, 5.74) is 1.23. The Morgan fingerprint density at radius 3 is 2.61 bits per heavy atom. The lowest BCUT2D eigenvalue weighted by Crippen LogP contribution is -2.37. The zero-order valence-corrected chi connectivity index (χ0v) is 14.9. The van der Waals surface area contributed by atoms with Gasteiger partial charge in [-0.1, -0.05) is 32.9 Å². The summed E-state index contributed by atoms with van der Waals surface area (Å²) in [6.07, 6.45) is 3.02. The van der Waals surface area contributed by atoms with Crippen molar-refractivity contribution in [3.63, 3.8) is 0 Å². The normalized spacial score (nSPS) is 17.0. The number of ether oxygens (including phenoxy) is 1. The third kappa shape index (κ3) is 5.54. The van der Waals surface area contributed by atoms with Crippen molar-refractivity contribution < 1.29 is 9.53 Å². The van der Waals surface area contributed by atoms with E-state index in [-0.39, 0.29) is 17.4 Å². The van der Waals surface area contributed by atoms with Crippen LogP contribution in [0.1, 0.15) is 51.6 Å². The molecule has 1 aliphatic heterocycles. The van der Waals surface area contributed by atoms with E-state index >= 15 is 0 Å². The van der Waals surface area contributed by atoms with Crippen molar-refractivity contribution in [2.75, 3.05) is 26.7 Å². The molecule has 1 aromatic rings. The molecule has 2 rings (SSSR count). The Bertz CT molecular complexity index is 516. The highest BCUT2D eigenvalue weighted by Crippen LogP contribution is 2.27. The van der Waals surface area contributed by atoms with E-state index in [4.69, 9.17) is 4.74 Å². The second kappa shape index (κ2) is 7.82. The first-order valence-electron chi connectivity index (χ1n) is 8.54. The largest absolute Gasteiger partial charge is 0.497 e. The number of carbonyl (C=O) groups excluding carboxylic acids is 1. The SMILES string of the molecule is COc1cccc(C(CNC(=O)CC(C)(C)C)N2CCCC2)c1. The summed E-state index contributed by atoms with van der Waals surface area (Å²) in [6, 6.07) is 8.41. The Morgan fingerprint density at radius 1 is 1.30 bits per heavy atom. The summed E-state index contributed by atoms with van der Waals surface area (Å²) in [4.78, 5) is 14.6. The van der Waals surface area contributed by atoms with Crippen molar-refractivity contribution in [1.82, 2.24) is 10.2 Å². The van der Waals surface area contributed by atoms with E-state index in [0.29, 0.717) is 13.0 Å². The van der Waals surface area contributed by atoms with Crippen molar-refractivity contribution >= 4 is 5.91 Å². The molecule has 0 bridgehead atoms. The number of carbonyl (C=O) groups is 1. The number of hydrogen-bond donors (Lipinski definition) is 1. The smallest absolute Gasteiger partial charge is 0.220 e. The van der Waals surface area contributed by atoms with Gasteiger partial charge in [0, 0.05) is 13.0 Å². The van der Waals surface area contributed by atoms with E-state index in [2.05, 4.69) is 43.1 Å². The van der Waals surface area contributed by atoms with Crippen LogP contribution in [0.4, 0.5) is 0 Å². The second-order valence-electron chi connectivity index (χ2n) is 7.58. The van der Waals surface area contributed by atoms with Gasteiger partial charge in [0.1, 0.15) is 5.75 Å². The van der Waals surface area contributed by atoms with Crippen LogP contribution in [0.3, 0.4) is 0 Å². The standard InChI is InChI=1S/C19H30N2O2/c1-19(2,3)13-18(22)20-14-17(21-10-5-6-11-21)15-8-7-9-16(12-15)23-4/h7-9,12,17H,5-6,10-11,13-14H2,1-4H3,(H,20,22). The van der Waals surface area contributed by atoms with E-state index in [1.807, 2.05) is 12.1 Å². The van der Waals surface area contributed by atoms with E-state index in [9.17, 15) is 4.79 Å². The van der Waals surface area contributed by atoms with Gasteiger partial charge in [-0.2, -0.15) is 0 Å². The Morgan fingerprint density at radius 2 is 2.00 bits per heavy atom. The summed E-state index contributed by atoms with van der Waals surface area (Å²) in [6.45, 7) is 9.11. The molecule has 0 radical (unpaired) electrons. The maximum absolute atomic E-state index is 12.2. The van der Waals surface area contributed by atoms with Crippen LogP contribution in [-0.4, -0.2) is 37.6 Å². The first-order valence-corrected chi connectivity index (χ1v) is 8.54. The molecule has 1 aromatic carbocycles. The monoisotopic (exact) mass is 318 g/mol. The highest BCUT2D eigenvalue weighted by Gasteiger charge is 2.25. The number of methoxy groups -OCH3 is 1. The van der Waals surface area contributed by atoms with Gasteiger partial charge in [0.15, 0.2) is 0 Å². The minimum atomic E-state index is 0.0171. The molecule has 1 amide bonds. The maximum atomic E-state index is 12.2. The summed E-state index contributed by atoms with van der Waals surface area (Å²) in [7, 11) is 1.69. The minimum absolute atomic E-state index is 0.0171. The Balaban J connectivity index is 2.07. The molecule has 128 valence electrons. The zero-order valence-electron chi connectivity index (χ0n) is 14.9. The number of likely N-dealkylation sites (tertiary alicyclic amines) is 1. The predicted octanol–water partition coefficient (Wildman–Crippen LogP) is 3.38. The van der Waals surface area contributed by atoms with Gasteiger partial charge in [0.25, 0.3) is 0 Å². The van der Waals surface area contributed by atoms with Crippen LogP contribution in [0.2, 0.25) is 0 Å². The number of hydrogen-bond acceptors (Lipinski definition) is 3. The number of amides is 1. The molecule has 1 heterocycles. The minimum Gasteiger partial charge on any atom is -0.497 e. The molecule has 1 fully saturated rings. The average molecular weight is 318 g/mol. The lowest BCUT2D eigenvalue weighted by molar-refractivity contribution is -0.123. The van der Waals surface area contributed by atoms with Crippen LogP contribution in [0.25, 0.3) is 0 Å². The third-order valence-electron chi connectivity index (χ3n) is 4.24. The quantitative estimate of drug-likeness (QED) is 0.874. The van der Waals surface area contributed by atoms with Gasteiger partial charge in [-0.15, -0.1) is 0 Å². The van der Waals surface area contributed by atoms with Crippen molar-refractivity contribution in [3.8, 4) is 5.75 Å². The molecule has 1 N–H and O–H groups in total. The molecule has 1 saturated heterocycles. The topological polar surface area (TPSA) is 41.6 Å². The molecule has 0 spiro atoms. The van der Waals surface area contributed by atoms with Gasteiger partial charge < -0.3 is 10.1 Å². The molecule has 0 saturated carbocycles. The van der Waals surface area contributed by atoms with Crippen molar-refractivity contribution in [2.24, 2.45) is 5.41 Å². The predicted molar refractivity (Wildman–Crippen MR) is 93.6 cm³/mol. The highest BCUT2D eigenvalue weighted by atomic mass is 16.5. The Kier molecular flexibility index (Phi) is 6.05. The van der Waals surface area contributed by atoms with E-state index in [0.717, 1.165) is 18.8 Å². The van der Waals surface area contributed by atoms with Crippen molar-refractivity contribution in [3.05, 3.63) is 29.8 Å². The lowest BCUT2D eigenvalue weighted by Gasteiger charge is -2.29. The number of nitrogens with one attached hydrogen (secondary N) is 1. The first-order chi connectivity index (χ1) is 10.9. The summed E-state index contributed by atoms with van der Waals surface area (Å²) in [5.74, 6) is 0.998. The second-order valence-corrected chi connectivity index (χ2v) is 7.58. The number of nitrogens with zero attached hydrogens (tertiary/aromatic N) is 1. The Labute approximate surface area is 140 Å². The van der Waals surface area contributed by atoms with Crippen molar-refractivity contribution in [1.29, 1.82) is 0 Å². The van der Waals surface area contributed by atoms with Crippen molar-refractivity contribution in [2.45, 2.75) is 46.1 Å². The number of rotatable bonds is 6. The molecule has 4 nitrogen and oxygen atoms in total. The maximum Gasteiger partial charge on any atom is 0.220 e. The fraction of sp³-hybridized carbons (Fsp3) is 0.632. The van der Waals surface area contributed by atoms with Crippen LogP contribution in [0.5, 0.6) is 5.75 Å². The van der Waals surface area contributed by atoms with Crippen LogP contribution in [0, 0.1) is 5.41 Å². The molecule has 1 atom stereocenters. The van der Waals surface area contributed by atoms with Gasteiger partial charge in [-0.3, -0.25) is 9.69 Å². The third-order valence-corrected chi connectivity index (χ3v) is 4.24. The molecule has 0 aliphatic carbocycles. The summed E-state index contributed by atoms with van der Waals surface area (Å²) < 4.78 is 5.35. The van der Waals surface area contributed by atoms with Gasteiger partial charge in [0.05, 0.1) is 13.2 Å². The van der Waals surface area contributed by atoms with E-state index in [1.54, 1.807) is 7.11 Å². The van der Waals surface area contributed by atoms with E-state index in [1.165, 1.54) is 18.4 Å². The van der Waals surface area contributed by atoms with Gasteiger partial charge in [-0.05, 0) is 49.0 Å². The summed E-state index contributed by atoms with van der Waals surface area (Å²) >= 11 is 0. The molecule has 1 aliphatic rings. The van der Waals surface area contributed by atoms with Gasteiger partial charge >= 0.3 is 0 Å². The molecule has 4 heteroatoms. The van der Waals surface area contributed by atoms with Crippen LogP contribution in [0.15, 0.2) is 24.3 Å². The summed E-state index contributed by atoms with van der Waals surface area (Å²) in [5, 5.41) is 3.13. The molecule has 0 aromatic heterocycles. The Hall–Kier alpha value is -1.55. The van der Waals surface area contributed by atoms with Gasteiger partial charge in [0.2, 0.25) is 5.91 Å². The lowest BCUT2D eigenvalue weighted by atomic mass is 9.92. The van der Waals surface area contributed by atoms with Crippen LogP contribution >= 0.6 is 0 Å². The molecule has 23 heavy (non-hydrogen) atoms. The molecular weight excluding hydrogens is 288 g/mol. The molecule has 1 unspecified atom stereocenters. The fourth-order valence-electron chi connectivity index (χ4n) is 3.11. The fourth-order valence-corrected chi connectivity index (χ4v) is 3.11. The first kappa shape index (κ1) is 17.8. The highest BCUT2D eigenvalue weighted by molar-refractivity contribution is 5.76. The zero-order chi connectivity index (χ0) is 16.9. The molecular formula is C19H30N2O2. The number of benzene rings is 1. The average Bonchev–Trinajstić information content (AvgIpc) is 3.00. The van der Waals surface area contributed by atoms with Crippen LogP contribution in [-0.2, 0) is 4.79 Å². The van der Waals surface area contributed by atoms with E-state index < -0.39 is 0 Å². The van der Waals surface area contributed by atoms with Crippen LogP contribution < -0.4 is 10.1 Å². The van der Waals surface area contributed by atoms with Gasteiger partial charge in [-0.25, -0.2) is 0 Å².